The Kier molecular flexibility index (Phi) is 4.65. The highest BCUT2D eigenvalue weighted by Crippen LogP contribution is 2.09. The molecule has 1 aromatic carbocycles. The van der Waals surface area contributed by atoms with E-state index >= 15 is 0 Å². The van der Waals surface area contributed by atoms with Crippen LogP contribution < -0.4 is 10.7 Å². The lowest BCUT2D eigenvalue weighted by atomic mass is 10.0. The molecule has 2 rings (SSSR count). The van der Waals surface area contributed by atoms with Gasteiger partial charge in [0.05, 0.1) is 5.56 Å². The van der Waals surface area contributed by atoms with Gasteiger partial charge in [0, 0.05) is 19.4 Å². The van der Waals surface area contributed by atoms with Crippen LogP contribution in [0, 0.1) is 0 Å². The monoisotopic (exact) mass is 289 g/mol. The van der Waals surface area contributed by atoms with Gasteiger partial charge in [0.2, 0.25) is 5.91 Å². The van der Waals surface area contributed by atoms with E-state index in [-0.39, 0.29) is 29.5 Å². The molecule has 21 heavy (non-hydrogen) atoms. The number of hydrazone groups is 1. The molecule has 1 heterocycles. The third-order valence-electron chi connectivity index (χ3n) is 3.09. The van der Waals surface area contributed by atoms with Crippen molar-refractivity contribution in [2.24, 2.45) is 5.10 Å². The minimum Gasteiger partial charge on any atom is -0.478 e. The fourth-order valence-electron chi connectivity index (χ4n) is 2.00. The second-order valence-corrected chi connectivity index (χ2v) is 4.56. The number of amides is 2. The van der Waals surface area contributed by atoms with Gasteiger partial charge in [0.15, 0.2) is 0 Å². The number of hydrogen-bond donors (Lipinski definition) is 3. The zero-order chi connectivity index (χ0) is 15.2. The molecule has 1 aliphatic rings. The molecule has 1 aliphatic heterocycles. The van der Waals surface area contributed by atoms with E-state index in [0.717, 1.165) is 0 Å². The molecule has 0 fully saturated rings. The summed E-state index contributed by atoms with van der Waals surface area (Å²) in [6.07, 6.45) is 0.964. The number of nitrogens with one attached hydrogen (secondary N) is 2. The number of benzene rings is 1. The predicted molar refractivity (Wildman–Crippen MR) is 74.9 cm³/mol. The number of carbonyl (C=O) groups excluding carboxylic acids is 2. The molecule has 7 nitrogen and oxygen atoms in total. The highest BCUT2D eigenvalue weighted by Gasteiger charge is 2.18. The molecule has 0 spiro atoms. The quantitative estimate of drug-likeness (QED) is 0.725. The van der Waals surface area contributed by atoms with Gasteiger partial charge >= 0.3 is 5.97 Å². The number of nitrogens with zero attached hydrogens (tertiary/aromatic N) is 1. The normalized spacial score (nSPS) is 14.1. The van der Waals surface area contributed by atoms with Crippen LogP contribution in [0.3, 0.4) is 0 Å². The molecule has 0 atom stereocenters. The molecule has 0 unspecified atom stereocenters. The van der Waals surface area contributed by atoms with E-state index in [0.29, 0.717) is 24.9 Å². The largest absolute Gasteiger partial charge is 0.478 e. The molecule has 0 bridgehead atoms. The lowest BCUT2D eigenvalue weighted by Gasteiger charge is -2.12. The van der Waals surface area contributed by atoms with Crippen LogP contribution in [-0.4, -0.2) is 35.1 Å². The first-order valence-corrected chi connectivity index (χ1v) is 6.52. The molecule has 1 aromatic rings. The van der Waals surface area contributed by atoms with Crippen molar-refractivity contribution in [2.45, 2.75) is 19.3 Å². The second kappa shape index (κ2) is 6.65. The Morgan fingerprint density at radius 1 is 1.29 bits per heavy atom. The summed E-state index contributed by atoms with van der Waals surface area (Å²) in [6.45, 7) is 0.302. The number of carboxylic acids is 1. The van der Waals surface area contributed by atoms with Crippen LogP contribution in [0.1, 0.15) is 28.8 Å². The highest BCUT2D eigenvalue weighted by molar-refractivity contribution is 6.39. The van der Waals surface area contributed by atoms with Crippen molar-refractivity contribution in [1.82, 2.24) is 10.7 Å². The summed E-state index contributed by atoms with van der Waals surface area (Å²) in [5.41, 5.74) is 3.42. The van der Waals surface area contributed by atoms with Crippen LogP contribution in [0.5, 0.6) is 0 Å². The van der Waals surface area contributed by atoms with Crippen LogP contribution in [-0.2, 0) is 16.0 Å². The average molecular weight is 289 g/mol. The van der Waals surface area contributed by atoms with Gasteiger partial charge in [-0.15, -0.1) is 0 Å². The minimum atomic E-state index is -0.990. The minimum absolute atomic E-state index is 0.207. The van der Waals surface area contributed by atoms with E-state index in [2.05, 4.69) is 15.8 Å². The van der Waals surface area contributed by atoms with Crippen molar-refractivity contribution in [3.8, 4) is 0 Å². The Bertz CT molecular complexity index is 610. The fourth-order valence-corrected chi connectivity index (χ4v) is 2.00. The van der Waals surface area contributed by atoms with Gasteiger partial charge in [-0.2, -0.15) is 5.10 Å². The summed E-state index contributed by atoms with van der Waals surface area (Å²) < 4.78 is 0. The van der Waals surface area contributed by atoms with E-state index in [1.54, 1.807) is 18.2 Å². The Morgan fingerprint density at radius 3 is 2.71 bits per heavy atom. The van der Waals surface area contributed by atoms with Crippen molar-refractivity contribution < 1.29 is 19.5 Å². The Balaban J connectivity index is 1.89. The average Bonchev–Trinajstić information content (AvgIpc) is 2.48. The van der Waals surface area contributed by atoms with Crippen molar-refractivity contribution in [3.05, 3.63) is 35.4 Å². The lowest BCUT2D eigenvalue weighted by molar-refractivity contribution is -0.121. The van der Waals surface area contributed by atoms with Gasteiger partial charge in [0.25, 0.3) is 5.91 Å². The number of carboxylic acid groups (broad SMARTS) is 1. The van der Waals surface area contributed by atoms with Crippen LogP contribution in [0.4, 0.5) is 0 Å². The van der Waals surface area contributed by atoms with Gasteiger partial charge in [-0.3, -0.25) is 9.59 Å². The van der Waals surface area contributed by atoms with Crippen molar-refractivity contribution in [3.63, 3.8) is 0 Å². The van der Waals surface area contributed by atoms with Gasteiger partial charge in [-0.05, 0) is 18.1 Å². The molecule has 3 N–H and O–H groups in total. The summed E-state index contributed by atoms with van der Waals surface area (Å²) in [6, 6.07) is 6.66. The van der Waals surface area contributed by atoms with E-state index in [1.165, 1.54) is 6.07 Å². The molecule has 7 heteroatoms. The summed E-state index contributed by atoms with van der Waals surface area (Å²) in [4.78, 5) is 33.8. The number of hydrogen-bond acceptors (Lipinski definition) is 4. The Morgan fingerprint density at radius 2 is 2.05 bits per heavy atom. The van der Waals surface area contributed by atoms with E-state index in [9.17, 15) is 14.4 Å². The third kappa shape index (κ3) is 3.88. The second-order valence-electron chi connectivity index (χ2n) is 4.56. The van der Waals surface area contributed by atoms with Crippen molar-refractivity contribution in [2.75, 3.05) is 6.54 Å². The van der Waals surface area contributed by atoms with Gasteiger partial charge < -0.3 is 10.4 Å². The Labute approximate surface area is 121 Å². The predicted octanol–water partition coefficient (Wildman–Crippen LogP) is 0.309. The first-order valence-electron chi connectivity index (χ1n) is 6.52. The maximum atomic E-state index is 11.8. The van der Waals surface area contributed by atoms with Gasteiger partial charge in [-0.25, -0.2) is 10.2 Å². The SMILES string of the molecule is O=C1CCC(C(=O)NCCc2ccccc2C(=O)O)=NN1. The Hall–Kier alpha value is -2.70. The third-order valence-corrected chi connectivity index (χ3v) is 3.09. The molecular formula is C14H15N3O4. The highest BCUT2D eigenvalue weighted by atomic mass is 16.4. The van der Waals surface area contributed by atoms with Crippen LogP contribution in [0.15, 0.2) is 29.4 Å². The standard InChI is InChI=1S/C14H15N3O4/c18-12-6-5-11(16-17-12)13(19)15-8-7-9-3-1-2-4-10(9)14(20)21/h1-4H,5-8H2,(H,15,19)(H,17,18)(H,20,21). The van der Waals surface area contributed by atoms with Crippen LogP contribution in [0.25, 0.3) is 0 Å². The first kappa shape index (κ1) is 14.7. The number of aromatic carboxylic acids is 1. The van der Waals surface area contributed by atoms with E-state index < -0.39 is 5.97 Å². The van der Waals surface area contributed by atoms with E-state index in [1.807, 2.05) is 0 Å². The lowest BCUT2D eigenvalue weighted by Crippen LogP contribution is -2.37. The molecule has 0 saturated carbocycles. The molecular weight excluding hydrogens is 274 g/mol. The van der Waals surface area contributed by atoms with Crippen LogP contribution >= 0.6 is 0 Å². The zero-order valence-electron chi connectivity index (χ0n) is 11.3. The molecule has 0 aromatic heterocycles. The van der Waals surface area contributed by atoms with Crippen molar-refractivity contribution in [1.29, 1.82) is 0 Å². The summed E-state index contributed by atoms with van der Waals surface area (Å²) in [5.74, 6) is -1.54. The maximum Gasteiger partial charge on any atom is 0.335 e. The maximum absolute atomic E-state index is 11.8. The van der Waals surface area contributed by atoms with Gasteiger partial charge in [-0.1, -0.05) is 18.2 Å². The first-order chi connectivity index (χ1) is 10.1. The van der Waals surface area contributed by atoms with Gasteiger partial charge in [0.1, 0.15) is 5.71 Å². The summed E-state index contributed by atoms with van der Waals surface area (Å²) in [5, 5.41) is 15.4. The zero-order valence-corrected chi connectivity index (χ0v) is 11.3. The smallest absolute Gasteiger partial charge is 0.335 e. The fraction of sp³-hybridized carbons (Fsp3) is 0.286. The molecule has 0 aliphatic carbocycles. The summed E-state index contributed by atoms with van der Waals surface area (Å²) in [7, 11) is 0. The topological polar surface area (TPSA) is 108 Å². The number of carbonyl (C=O) groups is 3. The molecule has 0 radical (unpaired) electrons. The van der Waals surface area contributed by atoms with E-state index in [4.69, 9.17) is 5.11 Å². The van der Waals surface area contributed by atoms with Crippen molar-refractivity contribution >= 4 is 23.5 Å². The molecule has 2 amide bonds. The van der Waals surface area contributed by atoms with Crippen LogP contribution in [0.2, 0.25) is 0 Å². The number of rotatable bonds is 5. The summed E-state index contributed by atoms with van der Waals surface area (Å²) >= 11 is 0. The molecule has 110 valence electrons. The molecule has 0 saturated heterocycles.